The normalized spacial score (nSPS) is 11.5. The Balaban J connectivity index is 2.92. The van der Waals surface area contributed by atoms with Gasteiger partial charge in [0.2, 0.25) is 0 Å². The summed E-state index contributed by atoms with van der Waals surface area (Å²) >= 11 is 0. The minimum Gasteiger partial charge on any atom is -0.433 e. The van der Waals surface area contributed by atoms with Gasteiger partial charge in [0.15, 0.2) is 5.75 Å². The van der Waals surface area contributed by atoms with E-state index in [0.29, 0.717) is 0 Å². The van der Waals surface area contributed by atoms with Gasteiger partial charge in [-0.1, -0.05) is 0 Å². The Hall–Kier alpha value is -1.77. The number of ether oxygens (including phenoxy) is 2. The van der Waals surface area contributed by atoms with Crippen molar-refractivity contribution in [1.82, 2.24) is 0 Å². The summed E-state index contributed by atoms with van der Waals surface area (Å²) < 4.78 is 67.0. The zero-order valence-electron chi connectivity index (χ0n) is 8.09. The summed E-state index contributed by atoms with van der Waals surface area (Å²) in [5, 5.41) is 0. The maximum absolute atomic E-state index is 11.9. The van der Waals surface area contributed by atoms with Gasteiger partial charge in [0.1, 0.15) is 5.75 Å². The molecule has 96 valence electrons. The van der Waals surface area contributed by atoms with E-state index in [4.69, 9.17) is 5.84 Å². The number of hydrazine groups is 1. The molecule has 0 spiro atoms. The quantitative estimate of drug-likeness (QED) is 0.495. The summed E-state index contributed by atoms with van der Waals surface area (Å²) in [6.07, 6.45) is -4.88. The molecule has 0 saturated heterocycles. The van der Waals surface area contributed by atoms with Crippen LogP contribution in [0.4, 0.5) is 27.6 Å². The van der Waals surface area contributed by atoms with Crippen LogP contribution in [-0.2, 0) is 0 Å². The molecule has 1 rings (SSSR count). The third-order valence-electron chi connectivity index (χ3n) is 1.56. The van der Waals surface area contributed by atoms with Gasteiger partial charge < -0.3 is 14.9 Å². The van der Waals surface area contributed by atoms with E-state index in [0.717, 1.165) is 18.2 Å². The second kappa shape index (κ2) is 5.04. The maximum atomic E-state index is 11.9. The number of nitrogen functional groups attached to an aromatic ring is 1. The topological polar surface area (TPSA) is 56.5 Å². The molecule has 0 atom stereocenters. The van der Waals surface area contributed by atoms with Crippen molar-refractivity contribution >= 4 is 5.69 Å². The van der Waals surface area contributed by atoms with Crippen LogP contribution in [0.25, 0.3) is 0 Å². The molecule has 9 heteroatoms. The van der Waals surface area contributed by atoms with E-state index in [-0.39, 0.29) is 5.69 Å². The first-order valence-electron chi connectivity index (χ1n) is 4.13. The Labute approximate surface area is 92.1 Å². The molecular formula is C8H7F5N2O2. The van der Waals surface area contributed by atoms with Crippen LogP contribution < -0.4 is 20.7 Å². The van der Waals surface area contributed by atoms with Crippen LogP contribution >= 0.6 is 0 Å². The summed E-state index contributed by atoms with van der Waals surface area (Å²) in [4.78, 5) is 0. The Morgan fingerprint density at radius 3 is 2.35 bits per heavy atom. The molecule has 0 fully saturated rings. The second-order valence-electron chi connectivity index (χ2n) is 2.73. The third-order valence-corrected chi connectivity index (χ3v) is 1.56. The van der Waals surface area contributed by atoms with Gasteiger partial charge in [0.25, 0.3) is 0 Å². The number of nitrogens with two attached hydrogens (primary N) is 1. The van der Waals surface area contributed by atoms with Crippen molar-refractivity contribution in [2.75, 3.05) is 5.43 Å². The fourth-order valence-corrected chi connectivity index (χ4v) is 1.02. The summed E-state index contributed by atoms with van der Waals surface area (Å²) in [5.74, 6) is 3.95. The van der Waals surface area contributed by atoms with Gasteiger partial charge in [-0.05, 0) is 12.1 Å². The van der Waals surface area contributed by atoms with Crippen LogP contribution in [-0.4, -0.2) is 13.0 Å². The molecular weight excluding hydrogens is 251 g/mol. The van der Waals surface area contributed by atoms with Gasteiger partial charge in [0.05, 0.1) is 5.69 Å². The molecule has 0 saturated carbocycles. The molecule has 0 heterocycles. The van der Waals surface area contributed by atoms with Crippen molar-refractivity contribution in [3.05, 3.63) is 18.2 Å². The number of halogens is 5. The Morgan fingerprint density at radius 2 is 1.88 bits per heavy atom. The molecule has 0 aliphatic carbocycles. The lowest BCUT2D eigenvalue weighted by molar-refractivity contribution is -0.274. The summed E-state index contributed by atoms with van der Waals surface area (Å²) in [6, 6.07) is 2.49. The lowest BCUT2D eigenvalue weighted by Gasteiger charge is -2.13. The minimum atomic E-state index is -4.88. The average Bonchev–Trinajstić information content (AvgIpc) is 2.17. The van der Waals surface area contributed by atoms with Crippen molar-refractivity contribution in [1.29, 1.82) is 0 Å². The Bertz CT molecular complexity index is 383. The molecule has 0 amide bonds. The van der Waals surface area contributed by atoms with Crippen molar-refractivity contribution in [3.8, 4) is 11.5 Å². The summed E-state index contributed by atoms with van der Waals surface area (Å²) in [6.45, 7) is -3.11. The molecule has 0 unspecified atom stereocenters. The van der Waals surface area contributed by atoms with Gasteiger partial charge in [-0.25, -0.2) is 0 Å². The van der Waals surface area contributed by atoms with Crippen molar-refractivity contribution < 1.29 is 31.4 Å². The van der Waals surface area contributed by atoms with Crippen LogP contribution in [0.15, 0.2) is 18.2 Å². The summed E-state index contributed by atoms with van der Waals surface area (Å²) in [7, 11) is 0. The van der Waals surface area contributed by atoms with E-state index < -0.39 is 24.5 Å². The van der Waals surface area contributed by atoms with Gasteiger partial charge in [0, 0.05) is 6.07 Å². The Kier molecular flexibility index (Phi) is 3.94. The molecule has 0 radical (unpaired) electrons. The first-order chi connectivity index (χ1) is 7.81. The highest BCUT2D eigenvalue weighted by Gasteiger charge is 2.31. The molecule has 17 heavy (non-hydrogen) atoms. The Morgan fingerprint density at radius 1 is 1.24 bits per heavy atom. The molecule has 4 nitrogen and oxygen atoms in total. The number of anilines is 1. The van der Waals surface area contributed by atoms with Crippen LogP contribution in [0.3, 0.4) is 0 Å². The molecule has 0 aromatic heterocycles. The summed E-state index contributed by atoms with van der Waals surface area (Å²) in [5.41, 5.74) is 1.66. The second-order valence-corrected chi connectivity index (χ2v) is 2.73. The van der Waals surface area contributed by atoms with Gasteiger partial charge in [-0.3, -0.25) is 5.84 Å². The van der Waals surface area contributed by atoms with E-state index >= 15 is 0 Å². The van der Waals surface area contributed by atoms with Crippen molar-refractivity contribution in [3.63, 3.8) is 0 Å². The van der Waals surface area contributed by atoms with Crippen LogP contribution in [0.5, 0.6) is 11.5 Å². The van der Waals surface area contributed by atoms with Crippen LogP contribution in [0.1, 0.15) is 0 Å². The van der Waals surface area contributed by atoms with Crippen LogP contribution in [0, 0.1) is 0 Å². The fourth-order valence-electron chi connectivity index (χ4n) is 1.02. The first kappa shape index (κ1) is 13.3. The van der Waals surface area contributed by atoms with Crippen molar-refractivity contribution in [2.24, 2.45) is 5.84 Å². The number of rotatable bonds is 4. The number of hydrogen-bond donors (Lipinski definition) is 2. The molecule has 0 aliphatic heterocycles. The highest BCUT2D eigenvalue weighted by molar-refractivity contribution is 5.59. The molecule has 0 aliphatic rings. The number of hydrogen-bond acceptors (Lipinski definition) is 4. The number of nitrogens with one attached hydrogen (secondary N) is 1. The average molecular weight is 258 g/mol. The predicted octanol–water partition coefficient (Wildman–Crippen LogP) is 2.47. The van der Waals surface area contributed by atoms with Gasteiger partial charge >= 0.3 is 13.0 Å². The standard InChI is InChI=1S/C8H7F5N2O2/c9-7(10)16-6-2-1-4(3-5(6)15-14)17-8(11,12)13/h1-3,7,15H,14H2. The maximum Gasteiger partial charge on any atom is 0.573 e. The number of benzene rings is 1. The fraction of sp³-hybridized carbons (Fsp3) is 0.250. The molecule has 1 aromatic carbocycles. The first-order valence-corrected chi connectivity index (χ1v) is 4.13. The zero-order chi connectivity index (χ0) is 13.1. The van der Waals surface area contributed by atoms with Gasteiger partial charge in [-0.2, -0.15) is 8.78 Å². The monoisotopic (exact) mass is 258 g/mol. The van der Waals surface area contributed by atoms with Crippen LogP contribution in [0.2, 0.25) is 0 Å². The molecule has 1 aromatic rings. The van der Waals surface area contributed by atoms with E-state index in [9.17, 15) is 22.0 Å². The minimum absolute atomic E-state index is 0.257. The zero-order valence-corrected chi connectivity index (χ0v) is 8.09. The largest absolute Gasteiger partial charge is 0.573 e. The van der Waals surface area contributed by atoms with E-state index in [1.807, 2.05) is 5.43 Å². The smallest absolute Gasteiger partial charge is 0.433 e. The highest BCUT2D eigenvalue weighted by atomic mass is 19.4. The van der Waals surface area contributed by atoms with E-state index in [1.165, 1.54) is 0 Å². The van der Waals surface area contributed by atoms with E-state index in [1.54, 1.807) is 0 Å². The molecule has 0 bridgehead atoms. The highest BCUT2D eigenvalue weighted by Crippen LogP contribution is 2.32. The van der Waals surface area contributed by atoms with E-state index in [2.05, 4.69) is 9.47 Å². The number of alkyl halides is 5. The molecule has 3 N–H and O–H groups in total. The predicted molar refractivity (Wildman–Crippen MR) is 47.6 cm³/mol. The third kappa shape index (κ3) is 4.31. The lowest BCUT2D eigenvalue weighted by Crippen LogP contribution is -2.18. The SMILES string of the molecule is NNc1cc(OC(F)(F)F)ccc1OC(F)F. The lowest BCUT2D eigenvalue weighted by atomic mass is 10.3. The van der Waals surface area contributed by atoms with Gasteiger partial charge in [-0.15, -0.1) is 13.2 Å². The van der Waals surface area contributed by atoms with Crippen molar-refractivity contribution in [2.45, 2.75) is 13.0 Å².